The molecule has 1 fully saturated rings. The van der Waals surface area contributed by atoms with E-state index in [1.807, 2.05) is 6.92 Å². The van der Waals surface area contributed by atoms with Crippen LogP contribution in [0.2, 0.25) is 0 Å². The second kappa shape index (κ2) is 4.53. The molecule has 3 rings (SSSR count). The highest BCUT2D eigenvalue weighted by Crippen LogP contribution is 2.27. The van der Waals surface area contributed by atoms with Crippen molar-refractivity contribution in [3.05, 3.63) is 47.1 Å². The molecule has 18 heavy (non-hydrogen) atoms. The summed E-state index contributed by atoms with van der Waals surface area (Å²) in [5, 5.41) is 3.83. The van der Waals surface area contributed by atoms with Crippen LogP contribution in [0, 0.1) is 13.8 Å². The van der Waals surface area contributed by atoms with Crippen LogP contribution in [-0.2, 0) is 6.54 Å². The standard InChI is InChI=1S/C14H17N3O/c1-10-3-5-12(6-4-10)7-17-8-13(9-17)14-15-11(2)16-18-14/h3-6,13H,7-9H2,1-2H3. The number of benzene rings is 1. The maximum atomic E-state index is 5.19. The first-order chi connectivity index (χ1) is 8.70. The topological polar surface area (TPSA) is 42.2 Å². The van der Waals surface area contributed by atoms with Crippen molar-refractivity contribution in [2.45, 2.75) is 26.3 Å². The third kappa shape index (κ3) is 2.29. The molecule has 1 aliphatic heterocycles. The Labute approximate surface area is 107 Å². The van der Waals surface area contributed by atoms with Crippen LogP contribution in [0.25, 0.3) is 0 Å². The molecule has 0 saturated carbocycles. The molecule has 0 unspecified atom stereocenters. The quantitative estimate of drug-likeness (QED) is 0.829. The Morgan fingerprint density at radius 1 is 1.22 bits per heavy atom. The van der Waals surface area contributed by atoms with E-state index >= 15 is 0 Å². The minimum absolute atomic E-state index is 0.414. The average Bonchev–Trinajstić information content (AvgIpc) is 2.72. The van der Waals surface area contributed by atoms with Crippen LogP contribution < -0.4 is 0 Å². The Balaban J connectivity index is 1.55. The summed E-state index contributed by atoms with van der Waals surface area (Å²) >= 11 is 0. The molecule has 94 valence electrons. The molecule has 0 aliphatic carbocycles. The fourth-order valence-corrected chi connectivity index (χ4v) is 2.29. The number of nitrogens with zero attached hydrogens (tertiary/aromatic N) is 3. The van der Waals surface area contributed by atoms with Gasteiger partial charge in [-0.05, 0) is 19.4 Å². The minimum atomic E-state index is 0.414. The van der Waals surface area contributed by atoms with E-state index in [0.29, 0.717) is 5.92 Å². The molecule has 0 N–H and O–H groups in total. The summed E-state index contributed by atoms with van der Waals surface area (Å²) in [5.41, 5.74) is 2.67. The van der Waals surface area contributed by atoms with Crippen LogP contribution in [0.4, 0.5) is 0 Å². The second-order valence-electron chi connectivity index (χ2n) is 5.06. The zero-order chi connectivity index (χ0) is 12.5. The highest BCUT2D eigenvalue weighted by Gasteiger charge is 2.31. The van der Waals surface area contributed by atoms with Crippen LogP contribution in [-0.4, -0.2) is 28.1 Å². The third-order valence-corrected chi connectivity index (χ3v) is 3.38. The summed E-state index contributed by atoms with van der Waals surface area (Å²) in [6, 6.07) is 8.71. The molecule has 0 radical (unpaired) electrons. The Bertz CT molecular complexity index is 526. The largest absolute Gasteiger partial charge is 0.339 e. The molecule has 2 heterocycles. The van der Waals surface area contributed by atoms with E-state index in [4.69, 9.17) is 4.52 Å². The van der Waals surface area contributed by atoms with E-state index in [1.54, 1.807) is 0 Å². The lowest BCUT2D eigenvalue weighted by molar-refractivity contribution is 0.117. The van der Waals surface area contributed by atoms with Crippen LogP contribution in [0.1, 0.15) is 28.8 Å². The molecule has 4 heteroatoms. The highest BCUT2D eigenvalue weighted by molar-refractivity contribution is 5.21. The third-order valence-electron chi connectivity index (χ3n) is 3.38. The van der Waals surface area contributed by atoms with Gasteiger partial charge in [0.2, 0.25) is 5.89 Å². The van der Waals surface area contributed by atoms with Crippen LogP contribution in [0.5, 0.6) is 0 Å². The monoisotopic (exact) mass is 243 g/mol. The van der Waals surface area contributed by atoms with Crippen molar-refractivity contribution >= 4 is 0 Å². The Morgan fingerprint density at radius 3 is 2.56 bits per heavy atom. The smallest absolute Gasteiger partial charge is 0.232 e. The van der Waals surface area contributed by atoms with E-state index < -0.39 is 0 Å². The molecule has 1 aromatic carbocycles. The van der Waals surface area contributed by atoms with Crippen molar-refractivity contribution in [2.75, 3.05) is 13.1 Å². The molecular weight excluding hydrogens is 226 g/mol. The van der Waals surface area contributed by atoms with E-state index in [0.717, 1.165) is 31.3 Å². The van der Waals surface area contributed by atoms with Crippen molar-refractivity contribution in [3.63, 3.8) is 0 Å². The number of rotatable bonds is 3. The summed E-state index contributed by atoms with van der Waals surface area (Å²) < 4.78 is 5.19. The van der Waals surface area contributed by atoms with E-state index in [1.165, 1.54) is 11.1 Å². The van der Waals surface area contributed by atoms with Crippen molar-refractivity contribution in [3.8, 4) is 0 Å². The Kier molecular flexibility index (Phi) is 2.88. The van der Waals surface area contributed by atoms with E-state index in [-0.39, 0.29) is 0 Å². The van der Waals surface area contributed by atoms with E-state index in [9.17, 15) is 0 Å². The van der Waals surface area contributed by atoms with Crippen LogP contribution >= 0.6 is 0 Å². The van der Waals surface area contributed by atoms with Gasteiger partial charge in [-0.25, -0.2) is 0 Å². The average molecular weight is 243 g/mol. The number of aromatic nitrogens is 2. The number of hydrogen-bond donors (Lipinski definition) is 0. The van der Waals surface area contributed by atoms with Crippen molar-refractivity contribution in [1.29, 1.82) is 0 Å². The zero-order valence-corrected chi connectivity index (χ0v) is 10.8. The minimum Gasteiger partial charge on any atom is -0.339 e. The fourth-order valence-electron chi connectivity index (χ4n) is 2.29. The van der Waals surface area contributed by atoms with Crippen LogP contribution in [0.15, 0.2) is 28.8 Å². The predicted octanol–water partition coefficient (Wildman–Crippen LogP) is 2.29. The maximum Gasteiger partial charge on any atom is 0.232 e. The van der Waals surface area contributed by atoms with E-state index in [2.05, 4.69) is 46.2 Å². The first-order valence-electron chi connectivity index (χ1n) is 6.29. The molecular formula is C14H17N3O. The molecule has 1 aliphatic rings. The van der Waals surface area contributed by atoms with Gasteiger partial charge in [-0.1, -0.05) is 35.0 Å². The van der Waals surface area contributed by atoms with Gasteiger partial charge in [-0.15, -0.1) is 0 Å². The van der Waals surface area contributed by atoms with Crippen molar-refractivity contribution in [2.24, 2.45) is 0 Å². The first-order valence-corrected chi connectivity index (χ1v) is 6.29. The van der Waals surface area contributed by atoms with Gasteiger partial charge in [0.1, 0.15) is 0 Å². The number of hydrogen-bond acceptors (Lipinski definition) is 4. The predicted molar refractivity (Wildman–Crippen MR) is 68.2 cm³/mol. The van der Waals surface area contributed by atoms with Gasteiger partial charge in [0.05, 0.1) is 5.92 Å². The summed E-state index contributed by atoms with van der Waals surface area (Å²) in [7, 11) is 0. The maximum absolute atomic E-state index is 5.19. The fraction of sp³-hybridized carbons (Fsp3) is 0.429. The molecule has 2 aromatic rings. The number of aryl methyl sites for hydroxylation is 2. The Morgan fingerprint density at radius 2 is 1.94 bits per heavy atom. The lowest BCUT2D eigenvalue weighted by Crippen LogP contribution is -2.44. The summed E-state index contributed by atoms with van der Waals surface area (Å²) in [5.74, 6) is 1.92. The Hall–Kier alpha value is -1.68. The molecule has 1 saturated heterocycles. The van der Waals surface area contributed by atoms with Gasteiger partial charge < -0.3 is 4.52 Å². The summed E-state index contributed by atoms with van der Waals surface area (Å²) in [6.07, 6.45) is 0. The van der Waals surface area contributed by atoms with Gasteiger partial charge in [-0.3, -0.25) is 4.90 Å². The second-order valence-corrected chi connectivity index (χ2v) is 5.06. The summed E-state index contributed by atoms with van der Waals surface area (Å²) in [4.78, 5) is 6.68. The molecule has 0 spiro atoms. The molecule has 1 aromatic heterocycles. The normalized spacial score (nSPS) is 16.8. The first kappa shape index (κ1) is 11.4. The van der Waals surface area contributed by atoms with Gasteiger partial charge in [0, 0.05) is 19.6 Å². The highest BCUT2D eigenvalue weighted by atomic mass is 16.5. The molecule has 0 amide bonds. The number of likely N-dealkylation sites (tertiary alicyclic amines) is 1. The van der Waals surface area contributed by atoms with Gasteiger partial charge in [0.25, 0.3) is 0 Å². The lowest BCUT2D eigenvalue weighted by atomic mass is 9.99. The molecule has 0 atom stereocenters. The lowest BCUT2D eigenvalue weighted by Gasteiger charge is -2.37. The molecule has 0 bridgehead atoms. The molecule has 4 nitrogen and oxygen atoms in total. The summed E-state index contributed by atoms with van der Waals surface area (Å²) in [6.45, 7) is 6.99. The van der Waals surface area contributed by atoms with Gasteiger partial charge >= 0.3 is 0 Å². The van der Waals surface area contributed by atoms with Crippen molar-refractivity contribution in [1.82, 2.24) is 15.0 Å². The van der Waals surface area contributed by atoms with Crippen LogP contribution in [0.3, 0.4) is 0 Å². The van der Waals surface area contributed by atoms with Gasteiger partial charge in [0.15, 0.2) is 5.82 Å². The zero-order valence-electron chi connectivity index (χ0n) is 10.8. The van der Waals surface area contributed by atoms with Crippen molar-refractivity contribution < 1.29 is 4.52 Å². The SMILES string of the molecule is Cc1ccc(CN2CC(c3nc(C)no3)C2)cc1. The van der Waals surface area contributed by atoms with Gasteiger partial charge in [-0.2, -0.15) is 4.98 Å².